The molecule has 2 aliphatic rings. The lowest BCUT2D eigenvalue weighted by Crippen LogP contribution is -2.36. The number of carbonyl (C=O) groups is 2. The maximum Gasteiger partial charge on any atom is 0.307 e. The number of hydrogen-bond donors (Lipinski definition) is 2. The van der Waals surface area contributed by atoms with Gasteiger partial charge in [-0.05, 0) is 48.9 Å². The van der Waals surface area contributed by atoms with Crippen LogP contribution in [0.15, 0.2) is 30.4 Å². The monoisotopic (exact) mass is 289 g/mol. The van der Waals surface area contributed by atoms with Crippen molar-refractivity contribution in [1.82, 2.24) is 0 Å². The van der Waals surface area contributed by atoms with Crippen LogP contribution in [0.1, 0.15) is 12.0 Å². The van der Waals surface area contributed by atoms with E-state index >= 15 is 0 Å². The van der Waals surface area contributed by atoms with Crippen molar-refractivity contribution in [3.05, 3.63) is 41.7 Å². The highest BCUT2D eigenvalue weighted by Gasteiger charge is 2.51. The molecule has 0 aromatic heterocycles. The maximum absolute atomic E-state index is 13.1. The molecule has 1 fully saturated rings. The lowest BCUT2D eigenvalue weighted by molar-refractivity contribution is -0.146. The summed E-state index contributed by atoms with van der Waals surface area (Å²) in [6.45, 7) is 1.70. The van der Waals surface area contributed by atoms with Gasteiger partial charge in [0.1, 0.15) is 5.82 Å². The first kappa shape index (κ1) is 13.8. The summed E-state index contributed by atoms with van der Waals surface area (Å²) in [4.78, 5) is 23.9. The van der Waals surface area contributed by atoms with Gasteiger partial charge in [-0.3, -0.25) is 9.59 Å². The fourth-order valence-corrected chi connectivity index (χ4v) is 3.50. The molecule has 2 N–H and O–H groups in total. The van der Waals surface area contributed by atoms with Crippen LogP contribution in [0.2, 0.25) is 0 Å². The first-order valence-corrected chi connectivity index (χ1v) is 6.95. The van der Waals surface area contributed by atoms with Crippen molar-refractivity contribution in [2.24, 2.45) is 23.7 Å². The third kappa shape index (κ3) is 2.33. The van der Waals surface area contributed by atoms with Gasteiger partial charge in [0.2, 0.25) is 5.91 Å². The molecule has 0 unspecified atom stereocenters. The highest BCUT2D eigenvalue weighted by atomic mass is 19.1. The maximum atomic E-state index is 13.1. The van der Waals surface area contributed by atoms with Crippen molar-refractivity contribution in [1.29, 1.82) is 0 Å². The minimum Gasteiger partial charge on any atom is -0.481 e. The van der Waals surface area contributed by atoms with E-state index < -0.39 is 17.8 Å². The van der Waals surface area contributed by atoms with E-state index in [1.54, 1.807) is 6.92 Å². The number of benzene rings is 1. The molecule has 1 aromatic carbocycles. The minimum absolute atomic E-state index is 0.0168. The molecule has 5 heteroatoms. The number of aryl methyl sites for hydroxylation is 1. The van der Waals surface area contributed by atoms with Crippen molar-refractivity contribution < 1.29 is 19.1 Å². The number of fused-ring (bicyclic) bond motifs is 2. The van der Waals surface area contributed by atoms with Crippen LogP contribution in [0, 0.1) is 36.4 Å². The van der Waals surface area contributed by atoms with E-state index in [0.717, 1.165) is 6.42 Å². The average Bonchev–Trinajstić information content (AvgIpc) is 3.02. The summed E-state index contributed by atoms with van der Waals surface area (Å²) in [5, 5.41) is 12.1. The van der Waals surface area contributed by atoms with Gasteiger partial charge in [-0.1, -0.05) is 12.2 Å². The number of nitrogens with one attached hydrogen (secondary N) is 1. The smallest absolute Gasteiger partial charge is 0.307 e. The number of anilines is 1. The summed E-state index contributed by atoms with van der Waals surface area (Å²) in [5.74, 6) is -2.88. The molecule has 1 saturated carbocycles. The van der Waals surface area contributed by atoms with E-state index in [4.69, 9.17) is 0 Å². The number of carbonyl (C=O) groups excluding carboxylic acids is 1. The Hall–Kier alpha value is -2.17. The third-order valence-electron chi connectivity index (χ3n) is 4.49. The minimum atomic E-state index is -0.928. The van der Waals surface area contributed by atoms with Crippen LogP contribution < -0.4 is 5.32 Å². The topological polar surface area (TPSA) is 66.4 Å². The Morgan fingerprint density at radius 3 is 2.52 bits per heavy atom. The van der Waals surface area contributed by atoms with Crippen molar-refractivity contribution in [3.8, 4) is 0 Å². The highest BCUT2D eigenvalue weighted by Crippen LogP contribution is 2.48. The van der Waals surface area contributed by atoms with E-state index in [9.17, 15) is 19.1 Å². The molecule has 110 valence electrons. The second-order valence-corrected chi connectivity index (χ2v) is 5.79. The normalized spacial score (nSPS) is 29.6. The van der Waals surface area contributed by atoms with Crippen molar-refractivity contribution >= 4 is 17.6 Å². The Morgan fingerprint density at radius 1 is 1.24 bits per heavy atom. The van der Waals surface area contributed by atoms with Crippen LogP contribution in [0.3, 0.4) is 0 Å². The number of carboxylic acids is 1. The molecule has 21 heavy (non-hydrogen) atoms. The van der Waals surface area contributed by atoms with Crippen LogP contribution in [0.5, 0.6) is 0 Å². The quantitative estimate of drug-likeness (QED) is 0.841. The van der Waals surface area contributed by atoms with Crippen LogP contribution in [-0.2, 0) is 9.59 Å². The molecule has 1 aromatic rings. The van der Waals surface area contributed by atoms with Gasteiger partial charge in [-0.15, -0.1) is 0 Å². The molecular weight excluding hydrogens is 273 g/mol. The molecular formula is C16H16FNO3. The summed E-state index contributed by atoms with van der Waals surface area (Å²) in [6, 6.07) is 4.12. The van der Waals surface area contributed by atoms with Crippen molar-refractivity contribution in [2.75, 3.05) is 5.32 Å². The van der Waals surface area contributed by atoms with Gasteiger partial charge in [0, 0.05) is 5.69 Å². The highest BCUT2D eigenvalue weighted by molar-refractivity contribution is 5.96. The van der Waals surface area contributed by atoms with Gasteiger partial charge in [0.25, 0.3) is 0 Å². The van der Waals surface area contributed by atoms with Gasteiger partial charge in [0.05, 0.1) is 11.8 Å². The first-order valence-electron chi connectivity index (χ1n) is 6.95. The van der Waals surface area contributed by atoms with Crippen LogP contribution in [0.4, 0.5) is 10.1 Å². The summed E-state index contributed by atoms with van der Waals surface area (Å²) < 4.78 is 13.1. The molecule has 2 bridgehead atoms. The molecule has 0 saturated heterocycles. The summed E-state index contributed by atoms with van der Waals surface area (Å²) in [7, 11) is 0. The van der Waals surface area contributed by atoms with E-state index in [1.807, 2.05) is 12.2 Å². The molecule has 0 heterocycles. The fraction of sp³-hybridized carbons (Fsp3) is 0.375. The molecule has 4 atom stereocenters. The van der Waals surface area contributed by atoms with Crippen LogP contribution in [-0.4, -0.2) is 17.0 Å². The zero-order chi connectivity index (χ0) is 15.1. The summed E-state index contributed by atoms with van der Waals surface area (Å²) >= 11 is 0. The van der Waals surface area contributed by atoms with Gasteiger partial charge < -0.3 is 10.4 Å². The zero-order valence-corrected chi connectivity index (χ0v) is 11.5. The molecule has 0 spiro atoms. The molecule has 0 aliphatic heterocycles. The number of hydrogen-bond acceptors (Lipinski definition) is 2. The summed E-state index contributed by atoms with van der Waals surface area (Å²) in [5.41, 5.74) is 1.14. The Labute approximate surface area is 121 Å². The number of allylic oxidation sites excluding steroid dienone is 2. The predicted octanol–water partition coefficient (Wildman–Crippen LogP) is 2.60. The standard InChI is InChI=1S/C16H16FNO3/c1-8-6-11(17)4-5-12(8)18-15(19)13-9-2-3-10(7-9)14(13)16(20)21/h2-6,9-10,13-14H,7H2,1H3,(H,18,19)(H,20,21)/t9-,10-,13+,14+/m0/s1. The zero-order valence-electron chi connectivity index (χ0n) is 11.5. The number of rotatable bonds is 3. The average molecular weight is 289 g/mol. The number of aliphatic carboxylic acids is 1. The van der Waals surface area contributed by atoms with Gasteiger partial charge in [-0.2, -0.15) is 0 Å². The second-order valence-electron chi connectivity index (χ2n) is 5.79. The molecule has 1 amide bonds. The lowest BCUT2D eigenvalue weighted by atomic mass is 9.82. The number of halogens is 1. The fourth-order valence-electron chi connectivity index (χ4n) is 3.50. The Morgan fingerprint density at radius 2 is 1.90 bits per heavy atom. The van der Waals surface area contributed by atoms with E-state index in [-0.39, 0.29) is 23.6 Å². The Kier molecular flexibility index (Phi) is 3.27. The molecule has 2 aliphatic carbocycles. The van der Waals surface area contributed by atoms with Crippen molar-refractivity contribution in [2.45, 2.75) is 13.3 Å². The number of carboxylic acid groups (broad SMARTS) is 1. The SMILES string of the molecule is Cc1cc(F)ccc1NC(=O)[C@H]1[C@H](C(=O)O)[C@H]2C=C[C@H]1C2. The Bertz CT molecular complexity index is 640. The van der Waals surface area contributed by atoms with Gasteiger partial charge in [-0.25, -0.2) is 4.39 Å². The molecule has 3 rings (SSSR count). The number of amides is 1. The van der Waals surface area contributed by atoms with E-state index in [1.165, 1.54) is 18.2 Å². The van der Waals surface area contributed by atoms with Crippen LogP contribution >= 0.6 is 0 Å². The Balaban J connectivity index is 1.82. The van der Waals surface area contributed by atoms with Gasteiger partial charge in [0.15, 0.2) is 0 Å². The van der Waals surface area contributed by atoms with E-state index in [0.29, 0.717) is 11.3 Å². The second kappa shape index (κ2) is 4.98. The summed E-state index contributed by atoms with van der Waals surface area (Å²) in [6.07, 6.45) is 4.56. The van der Waals surface area contributed by atoms with E-state index in [2.05, 4.69) is 5.32 Å². The lowest BCUT2D eigenvalue weighted by Gasteiger charge is -2.24. The first-order chi connectivity index (χ1) is 9.97. The largest absolute Gasteiger partial charge is 0.481 e. The molecule has 4 nitrogen and oxygen atoms in total. The third-order valence-corrected chi connectivity index (χ3v) is 4.49. The van der Waals surface area contributed by atoms with Crippen LogP contribution in [0.25, 0.3) is 0 Å². The van der Waals surface area contributed by atoms with Gasteiger partial charge >= 0.3 is 5.97 Å². The predicted molar refractivity (Wildman–Crippen MR) is 75.1 cm³/mol. The molecule has 0 radical (unpaired) electrons. The van der Waals surface area contributed by atoms with Crippen molar-refractivity contribution in [3.63, 3.8) is 0 Å².